The Morgan fingerprint density at radius 2 is 2.00 bits per heavy atom. The van der Waals surface area contributed by atoms with Crippen molar-refractivity contribution in [3.05, 3.63) is 0 Å². The smallest absolute Gasteiger partial charge is 0.164 e. The van der Waals surface area contributed by atoms with Gasteiger partial charge in [0.25, 0.3) is 0 Å². The Morgan fingerprint density at radius 1 is 1.38 bits per heavy atom. The zero-order valence-corrected chi connectivity index (χ0v) is 9.80. The van der Waals surface area contributed by atoms with Crippen molar-refractivity contribution in [3.63, 3.8) is 0 Å². The summed E-state index contributed by atoms with van der Waals surface area (Å²) < 4.78 is 0. The third kappa shape index (κ3) is 2.89. The van der Waals surface area contributed by atoms with E-state index >= 15 is 0 Å². The van der Waals surface area contributed by atoms with Crippen LogP contribution < -0.4 is 0 Å². The minimum Gasteiger partial charge on any atom is -0.393 e. The van der Waals surface area contributed by atoms with Crippen LogP contribution in [0.2, 0.25) is 0 Å². The fourth-order valence-corrected chi connectivity index (χ4v) is 2.54. The topological polar surface area (TPSA) is 74.6 Å². The van der Waals surface area contributed by atoms with E-state index in [0.29, 0.717) is 19.3 Å². The molecule has 5 atom stereocenters. The van der Waals surface area contributed by atoms with Gasteiger partial charge in [0.05, 0.1) is 6.10 Å². The van der Waals surface area contributed by atoms with Crippen LogP contribution in [0.1, 0.15) is 33.1 Å². The van der Waals surface area contributed by atoms with E-state index in [2.05, 4.69) is 0 Å². The van der Waals surface area contributed by atoms with Gasteiger partial charge in [-0.05, 0) is 32.1 Å². The number of rotatable bonds is 4. The van der Waals surface area contributed by atoms with Crippen LogP contribution in [0.4, 0.5) is 0 Å². The highest BCUT2D eigenvalue weighted by atomic mass is 16.3. The molecule has 0 bridgehead atoms. The van der Waals surface area contributed by atoms with Crippen LogP contribution in [0.15, 0.2) is 0 Å². The van der Waals surface area contributed by atoms with Crippen LogP contribution in [0, 0.1) is 17.8 Å². The fourth-order valence-electron chi connectivity index (χ4n) is 2.54. The van der Waals surface area contributed by atoms with Crippen molar-refractivity contribution in [3.8, 4) is 0 Å². The largest absolute Gasteiger partial charge is 0.393 e. The Bertz CT molecular complexity index is 262. The van der Waals surface area contributed by atoms with Crippen LogP contribution >= 0.6 is 0 Å². The predicted molar refractivity (Wildman–Crippen MR) is 58.8 cm³/mol. The van der Waals surface area contributed by atoms with Crippen LogP contribution in [-0.2, 0) is 9.59 Å². The molecule has 16 heavy (non-hydrogen) atoms. The van der Waals surface area contributed by atoms with Crippen LogP contribution in [0.25, 0.3) is 0 Å². The number of carbonyl (C=O) groups excluding carboxylic acids is 2. The molecule has 1 aliphatic carbocycles. The standard InChI is InChI=1S/C12H20O4/c1-7(6-13)10-4-3-9(15)5-11(10)12(16)8(2)14/h6-11,14-15H,3-5H2,1-2H3/t7-,8?,9?,10?,11-/m0/s1. The second kappa shape index (κ2) is 5.55. The maximum Gasteiger partial charge on any atom is 0.164 e. The number of Topliss-reactive ketones (excluding diaryl/α,β-unsaturated/α-hetero) is 1. The number of hydrogen-bond donors (Lipinski definition) is 2. The quantitative estimate of drug-likeness (QED) is 0.689. The van der Waals surface area contributed by atoms with Crippen molar-refractivity contribution in [2.75, 3.05) is 0 Å². The summed E-state index contributed by atoms with van der Waals surface area (Å²) in [5.41, 5.74) is 0. The lowest BCUT2D eigenvalue weighted by Crippen LogP contribution is -2.40. The number of aliphatic hydroxyl groups excluding tert-OH is 2. The van der Waals surface area contributed by atoms with Gasteiger partial charge in [0.2, 0.25) is 0 Å². The predicted octanol–water partition coefficient (Wildman–Crippen LogP) is 0.548. The minimum atomic E-state index is -1.02. The number of carbonyl (C=O) groups is 2. The fraction of sp³-hybridized carbons (Fsp3) is 0.833. The minimum absolute atomic E-state index is 0.0389. The first-order valence-corrected chi connectivity index (χ1v) is 5.82. The molecule has 0 aromatic heterocycles. The summed E-state index contributed by atoms with van der Waals surface area (Å²) in [5, 5.41) is 18.9. The first-order chi connectivity index (χ1) is 7.47. The van der Waals surface area contributed by atoms with Crippen molar-refractivity contribution in [2.45, 2.75) is 45.3 Å². The van der Waals surface area contributed by atoms with Gasteiger partial charge >= 0.3 is 0 Å². The molecule has 0 saturated heterocycles. The van der Waals surface area contributed by atoms with Gasteiger partial charge in [-0.15, -0.1) is 0 Å². The van der Waals surface area contributed by atoms with Gasteiger partial charge in [0.15, 0.2) is 5.78 Å². The molecule has 0 radical (unpaired) electrons. The van der Waals surface area contributed by atoms with Gasteiger partial charge in [-0.1, -0.05) is 6.92 Å². The van der Waals surface area contributed by atoms with Crippen LogP contribution in [0.3, 0.4) is 0 Å². The highest BCUT2D eigenvalue weighted by molar-refractivity contribution is 5.85. The van der Waals surface area contributed by atoms with E-state index in [-0.39, 0.29) is 23.5 Å². The Morgan fingerprint density at radius 3 is 2.50 bits per heavy atom. The molecular formula is C12H20O4. The summed E-state index contributed by atoms with van der Waals surface area (Å²) in [4.78, 5) is 22.6. The lowest BCUT2D eigenvalue weighted by molar-refractivity contribution is -0.136. The zero-order valence-electron chi connectivity index (χ0n) is 9.80. The van der Waals surface area contributed by atoms with Crippen molar-refractivity contribution in [1.82, 2.24) is 0 Å². The number of hydrogen-bond acceptors (Lipinski definition) is 4. The first-order valence-electron chi connectivity index (χ1n) is 5.82. The van der Waals surface area contributed by atoms with E-state index in [1.807, 2.05) is 0 Å². The molecule has 0 aromatic carbocycles. The van der Waals surface area contributed by atoms with Crippen molar-refractivity contribution >= 4 is 12.1 Å². The van der Waals surface area contributed by atoms with Gasteiger partial charge in [-0.3, -0.25) is 4.79 Å². The van der Waals surface area contributed by atoms with E-state index in [1.54, 1.807) is 6.92 Å². The third-order valence-corrected chi connectivity index (χ3v) is 3.54. The highest BCUT2D eigenvalue weighted by Gasteiger charge is 2.38. The SMILES string of the molecule is CC(O)C(=O)[C@H]1CC(O)CCC1[C@@H](C)C=O. The molecule has 0 spiro atoms. The molecule has 0 aliphatic heterocycles. The van der Waals surface area contributed by atoms with Gasteiger partial charge in [0, 0.05) is 11.8 Å². The van der Waals surface area contributed by atoms with E-state index < -0.39 is 12.2 Å². The Labute approximate surface area is 95.7 Å². The molecule has 0 aromatic rings. The molecular weight excluding hydrogens is 208 g/mol. The lowest BCUT2D eigenvalue weighted by Gasteiger charge is -2.35. The second-order valence-electron chi connectivity index (χ2n) is 4.81. The summed E-state index contributed by atoms with van der Waals surface area (Å²) in [6.07, 6.45) is 1.02. The van der Waals surface area contributed by atoms with Gasteiger partial charge in [-0.2, -0.15) is 0 Å². The molecule has 1 rings (SSSR count). The molecule has 1 fully saturated rings. The Kier molecular flexibility index (Phi) is 4.62. The van der Waals surface area contributed by atoms with Gasteiger partial charge in [0.1, 0.15) is 12.4 Å². The molecule has 4 nitrogen and oxygen atoms in total. The molecule has 1 saturated carbocycles. The van der Waals surface area contributed by atoms with Crippen molar-refractivity contribution < 1.29 is 19.8 Å². The molecule has 0 heterocycles. The first kappa shape index (κ1) is 13.3. The molecule has 92 valence electrons. The second-order valence-corrected chi connectivity index (χ2v) is 4.81. The molecule has 2 N–H and O–H groups in total. The van der Waals surface area contributed by atoms with E-state index in [0.717, 1.165) is 6.29 Å². The average Bonchev–Trinajstić information content (AvgIpc) is 2.26. The summed E-state index contributed by atoms with van der Waals surface area (Å²) in [7, 11) is 0. The zero-order chi connectivity index (χ0) is 12.3. The monoisotopic (exact) mass is 228 g/mol. The summed E-state index contributed by atoms with van der Waals surface area (Å²) in [6.45, 7) is 3.23. The van der Waals surface area contributed by atoms with Crippen molar-refractivity contribution in [1.29, 1.82) is 0 Å². The van der Waals surface area contributed by atoms with E-state index in [9.17, 15) is 19.8 Å². The highest BCUT2D eigenvalue weighted by Crippen LogP contribution is 2.35. The number of aldehydes is 1. The maximum atomic E-state index is 11.8. The van der Waals surface area contributed by atoms with E-state index in [1.165, 1.54) is 6.92 Å². The molecule has 1 aliphatic rings. The molecule has 3 unspecified atom stereocenters. The number of ketones is 1. The lowest BCUT2D eigenvalue weighted by atomic mass is 9.70. The third-order valence-electron chi connectivity index (χ3n) is 3.54. The summed E-state index contributed by atoms with van der Waals surface area (Å²) >= 11 is 0. The molecule has 4 heteroatoms. The van der Waals surface area contributed by atoms with Crippen LogP contribution in [-0.4, -0.2) is 34.5 Å². The van der Waals surface area contributed by atoms with Crippen molar-refractivity contribution in [2.24, 2.45) is 17.8 Å². The number of aliphatic hydroxyl groups is 2. The Hall–Kier alpha value is -0.740. The molecule has 0 amide bonds. The summed E-state index contributed by atoms with van der Waals surface area (Å²) in [5.74, 6) is -0.871. The summed E-state index contributed by atoms with van der Waals surface area (Å²) in [6, 6.07) is 0. The average molecular weight is 228 g/mol. The Balaban J connectivity index is 2.80. The van der Waals surface area contributed by atoms with E-state index in [4.69, 9.17) is 0 Å². The van der Waals surface area contributed by atoms with Crippen LogP contribution in [0.5, 0.6) is 0 Å². The normalized spacial score (nSPS) is 34.1. The van der Waals surface area contributed by atoms with Gasteiger partial charge in [-0.25, -0.2) is 0 Å². The van der Waals surface area contributed by atoms with Gasteiger partial charge < -0.3 is 15.0 Å². The maximum absolute atomic E-state index is 11.8.